The van der Waals surface area contributed by atoms with E-state index in [-0.39, 0.29) is 5.41 Å². The van der Waals surface area contributed by atoms with Gasteiger partial charge in [-0.15, -0.1) is 0 Å². The van der Waals surface area contributed by atoms with E-state index in [1.54, 1.807) is 0 Å². The van der Waals surface area contributed by atoms with Crippen LogP contribution < -0.4 is 5.73 Å². The van der Waals surface area contributed by atoms with Gasteiger partial charge in [-0.3, -0.25) is 0 Å². The van der Waals surface area contributed by atoms with E-state index < -0.39 is 0 Å². The average molecular weight is 243 g/mol. The molecule has 0 amide bonds. The normalized spacial score (nSPS) is 11.8. The van der Waals surface area contributed by atoms with Crippen LogP contribution in [0.3, 0.4) is 0 Å². The van der Waals surface area contributed by atoms with Gasteiger partial charge in [0.1, 0.15) is 5.82 Å². The predicted molar refractivity (Wildman–Crippen MR) is 75.6 cm³/mol. The van der Waals surface area contributed by atoms with Crippen molar-refractivity contribution in [2.75, 3.05) is 5.73 Å². The lowest BCUT2D eigenvalue weighted by Gasteiger charge is -2.19. The minimum Gasteiger partial charge on any atom is -0.384 e. The summed E-state index contributed by atoms with van der Waals surface area (Å²) >= 11 is 0. The fourth-order valence-electron chi connectivity index (χ4n) is 1.98. The number of nitrogen functional groups attached to an aromatic ring is 1. The molecule has 0 fully saturated rings. The third-order valence-corrected chi connectivity index (χ3v) is 3.09. The zero-order valence-corrected chi connectivity index (χ0v) is 11.6. The number of aromatic nitrogens is 2. The van der Waals surface area contributed by atoms with Gasteiger partial charge < -0.3 is 5.73 Å². The van der Waals surface area contributed by atoms with Gasteiger partial charge in [0, 0.05) is 6.07 Å². The van der Waals surface area contributed by atoms with Gasteiger partial charge in [0.2, 0.25) is 0 Å². The molecule has 1 aromatic carbocycles. The van der Waals surface area contributed by atoms with Gasteiger partial charge in [-0.25, -0.2) is 4.68 Å². The Morgan fingerprint density at radius 1 is 1.17 bits per heavy atom. The Hall–Kier alpha value is -1.77. The number of hydrogen-bond donors (Lipinski definition) is 1. The van der Waals surface area contributed by atoms with E-state index in [2.05, 4.69) is 50.1 Å². The second-order valence-electron chi connectivity index (χ2n) is 5.82. The molecular weight excluding hydrogens is 222 g/mol. The van der Waals surface area contributed by atoms with E-state index in [1.807, 2.05) is 17.7 Å². The van der Waals surface area contributed by atoms with Crippen LogP contribution in [0.1, 0.15) is 37.6 Å². The molecule has 1 heterocycles. The van der Waals surface area contributed by atoms with Crippen LogP contribution in [0.2, 0.25) is 0 Å². The summed E-state index contributed by atoms with van der Waals surface area (Å²) < 4.78 is 1.83. The first-order valence-corrected chi connectivity index (χ1v) is 6.25. The Bertz CT molecular complexity index is 530. The SMILES string of the molecule is Cc1cc(N)n(Cc2ccc(C(C)(C)C)cc2)n1. The Kier molecular flexibility index (Phi) is 3.16. The summed E-state index contributed by atoms with van der Waals surface area (Å²) in [6, 6.07) is 10.6. The highest BCUT2D eigenvalue weighted by Crippen LogP contribution is 2.22. The molecule has 0 saturated heterocycles. The molecule has 0 saturated carbocycles. The second kappa shape index (κ2) is 4.48. The summed E-state index contributed by atoms with van der Waals surface area (Å²) in [5.41, 5.74) is 9.60. The number of rotatable bonds is 2. The minimum atomic E-state index is 0.194. The number of anilines is 1. The molecule has 0 aliphatic rings. The second-order valence-corrected chi connectivity index (χ2v) is 5.82. The molecule has 96 valence electrons. The fourth-order valence-corrected chi connectivity index (χ4v) is 1.98. The summed E-state index contributed by atoms with van der Waals surface area (Å²) in [5.74, 6) is 0.715. The number of aryl methyl sites for hydroxylation is 1. The van der Waals surface area contributed by atoms with Crippen LogP contribution in [0.4, 0.5) is 5.82 Å². The van der Waals surface area contributed by atoms with Crippen molar-refractivity contribution in [3.05, 3.63) is 47.2 Å². The Labute approximate surface area is 109 Å². The first-order chi connectivity index (χ1) is 8.36. The summed E-state index contributed by atoms with van der Waals surface area (Å²) in [5, 5.41) is 4.37. The average Bonchev–Trinajstić information content (AvgIpc) is 2.57. The summed E-state index contributed by atoms with van der Waals surface area (Å²) in [4.78, 5) is 0. The molecule has 1 aromatic heterocycles. The molecule has 3 heteroatoms. The number of nitrogens with zero attached hydrogens (tertiary/aromatic N) is 2. The van der Waals surface area contributed by atoms with Gasteiger partial charge >= 0.3 is 0 Å². The van der Waals surface area contributed by atoms with Crippen molar-refractivity contribution in [1.29, 1.82) is 0 Å². The lowest BCUT2D eigenvalue weighted by atomic mass is 9.87. The predicted octanol–water partition coefficient (Wildman–Crippen LogP) is 3.12. The molecule has 2 aromatic rings. The van der Waals surface area contributed by atoms with Gasteiger partial charge in [0.05, 0.1) is 12.2 Å². The lowest BCUT2D eigenvalue weighted by molar-refractivity contribution is 0.589. The first-order valence-electron chi connectivity index (χ1n) is 6.25. The molecule has 0 aliphatic heterocycles. The quantitative estimate of drug-likeness (QED) is 0.880. The summed E-state index contributed by atoms with van der Waals surface area (Å²) in [7, 11) is 0. The van der Waals surface area contributed by atoms with Crippen LogP contribution in [0, 0.1) is 6.92 Å². The zero-order chi connectivity index (χ0) is 13.3. The van der Waals surface area contributed by atoms with Crippen LogP contribution in [0.25, 0.3) is 0 Å². The largest absolute Gasteiger partial charge is 0.384 e. The number of nitrogens with two attached hydrogens (primary N) is 1. The van der Waals surface area contributed by atoms with Gasteiger partial charge in [-0.1, -0.05) is 45.0 Å². The van der Waals surface area contributed by atoms with Gasteiger partial charge in [-0.05, 0) is 23.5 Å². The molecule has 0 unspecified atom stereocenters. The molecule has 0 aliphatic carbocycles. The van der Waals surface area contributed by atoms with Gasteiger partial charge in [-0.2, -0.15) is 5.10 Å². The maximum atomic E-state index is 5.89. The van der Waals surface area contributed by atoms with Crippen molar-refractivity contribution in [2.24, 2.45) is 0 Å². The fraction of sp³-hybridized carbons (Fsp3) is 0.400. The van der Waals surface area contributed by atoms with Crippen molar-refractivity contribution in [2.45, 2.75) is 39.7 Å². The van der Waals surface area contributed by atoms with Crippen LogP contribution in [-0.4, -0.2) is 9.78 Å². The first kappa shape index (κ1) is 12.7. The molecule has 0 atom stereocenters. The van der Waals surface area contributed by atoms with Crippen LogP contribution in [0.15, 0.2) is 30.3 Å². The minimum absolute atomic E-state index is 0.194. The van der Waals surface area contributed by atoms with E-state index in [9.17, 15) is 0 Å². The molecule has 0 bridgehead atoms. The van der Waals surface area contributed by atoms with E-state index in [0.29, 0.717) is 5.82 Å². The monoisotopic (exact) mass is 243 g/mol. The van der Waals surface area contributed by atoms with Crippen molar-refractivity contribution < 1.29 is 0 Å². The number of benzene rings is 1. The highest BCUT2D eigenvalue weighted by Gasteiger charge is 2.13. The van der Waals surface area contributed by atoms with Gasteiger partial charge in [0.15, 0.2) is 0 Å². The van der Waals surface area contributed by atoms with Crippen LogP contribution in [-0.2, 0) is 12.0 Å². The molecule has 0 spiro atoms. The maximum absolute atomic E-state index is 5.89. The molecule has 0 radical (unpaired) electrons. The molecule has 18 heavy (non-hydrogen) atoms. The molecule has 2 N–H and O–H groups in total. The Morgan fingerprint density at radius 3 is 2.22 bits per heavy atom. The zero-order valence-electron chi connectivity index (χ0n) is 11.6. The van der Waals surface area contributed by atoms with Crippen molar-refractivity contribution in [3.63, 3.8) is 0 Å². The van der Waals surface area contributed by atoms with Crippen molar-refractivity contribution in [3.8, 4) is 0 Å². The third-order valence-electron chi connectivity index (χ3n) is 3.09. The van der Waals surface area contributed by atoms with Gasteiger partial charge in [0.25, 0.3) is 0 Å². The highest BCUT2D eigenvalue weighted by atomic mass is 15.3. The Morgan fingerprint density at radius 2 is 1.78 bits per heavy atom. The number of hydrogen-bond acceptors (Lipinski definition) is 2. The standard InChI is InChI=1S/C15H21N3/c1-11-9-14(16)18(17-11)10-12-5-7-13(8-6-12)15(2,3)4/h5-9H,10,16H2,1-4H3. The van der Waals surface area contributed by atoms with Crippen molar-refractivity contribution >= 4 is 5.82 Å². The smallest absolute Gasteiger partial charge is 0.122 e. The lowest BCUT2D eigenvalue weighted by Crippen LogP contribution is -2.11. The van der Waals surface area contributed by atoms with Crippen LogP contribution in [0.5, 0.6) is 0 Å². The van der Waals surface area contributed by atoms with E-state index in [4.69, 9.17) is 5.73 Å². The highest BCUT2D eigenvalue weighted by molar-refractivity contribution is 5.33. The summed E-state index contributed by atoms with van der Waals surface area (Å²) in [6.45, 7) is 9.34. The molecule has 3 nitrogen and oxygen atoms in total. The van der Waals surface area contributed by atoms with E-state index in [0.717, 1.165) is 12.2 Å². The topological polar surface area (TPSA) is 43.8 Å². The maximum Gasteiger partial charge on any atom is 0.122 e. The Balaban J connectivity index is 2.18. The third kappa shape index (κ3) is 2.73. The summed E-state index contributed by atoms with van der Waals surface area (Å²) in [6.07, 6.45) is 0. The van der Waals surface area contributed by atoms with E-state index >= 15 is 0 Å². The molecular formula is C15H21N3. The van der Waals surface area contributed by atoms with E-state index in [1.165, 1.54) is 11.1 Å². The van der Waals surface area contributed by atoms with Crippen molar-refractivity contribution in [1.82, 2.24) is 9.78 Å². The molecule has 2 rings (SSSR count). The van der Waals surface area contributed by atoms with Crippen LogP contribution >= 0.6 is 0 Å².